The molecule has 1 aliphatic rings. The molecule has 0 amide bonds. The average Bonchev–Trinajstić information content (AvgIpc) is 2.95. The summed E-state index contributed by atoms with van der Waals surface area (Å²) in [6.45, 7) is 4.32. The van der Waals surface area contributed by atoms with E-state index in [0.29, 0.717) is 36.7 Å². The van der Waals surface area contributed by atoms with Crippen LogP contribution in [0.1, 0.15) is 29.3 Å². The number of aromatic nitrogens is 3. The van der Waals surface area contributed by atoms with Gasteiger partial charge in [-0.25, -0.2) is 8.42 Å². The maximum Gasteiger partial charge on any atom is 0.248 e. The van der Waals surface area contributed by atoms with E-state index in [-0.39, 0.29) is 18.0 Å². The van der Waals surface area contributed by atoms with Gasteiger partial charge < -0.3 is 9.63 Å². The van der Waals surface area contributed by atoms with Gasteiger partial charge in [0.25, 0.3) is 0 Å². The molecule has 0 aromatic carbocycles. The highest BCUT2D eigenvalue weighted by atomic mass is 32.2. The fourth-order valence-electron chi connectivity index (χ4n) is 2.75. The second-order valence-electron chi connectivity index (χ2n) is 5.35. The van der Waals surface area contributed by atoms with Crippen molar-refractivity contribution < 1.29 is 18.0 Å². The Labute approximate surface area is 128 Å². The molecule has 2 aromatic rings. The first kappa shape index (κ1) is 15.2. The zero-order chi connectivity index (χ0) is 15.9. The van der Waals surface area contributed by atoms with Crippen LogP contribution in [0.15, 0.2) is 15.5 Å². The number of rotatable bonds is 3. The monoisotopic (exact) mass is 326 g/mol. The van der Waals surface area contributed by atoms with Crippen LogP contribution in [-0.2, 0) is 29.7 Å². The summed E-state index contributed by atoms with van der Waals surface area (Å²) in [5, 5.41) is 17.2. The first-order chi connectivity index (χ1) is 10.4. The minimum absolute atomic E-state index is 0.142. The van der Waals surface area contributed by atoms with Crippen LogP contribution in [0.4, 0.5) is 0 Å². The van der Waals surface area contributed by atoms with Crippen molar-refractivity contribution in [1.82, 2.24) is 19.2 Å². The van der Waals surface area contributed by atoms with Gasteiger partial charge in [0, 0.05) is 13.1 Å². The Morgan fingerprint density at radius 1 is 1.36 bits per heavy atom. The van der Waals surface area contributed by atoms with Crippen LogP contribution in [0.5, 0.6) is 0 Å². The van der Waals surface area contributed by atoms with E-state index in [1.807, 2.05) is 0 Å². The molecule has 0 unspecified atom stereocenters. The lowest BCUT2D eigenvalue weighted by molar-refractivity contribution is 0.275. The molecule has 1 aliphatic heterocycles. The third kappa shape index (κ3) is 2.44. The predicted molar refractivity (Wildman–Crippen MR) is 76.3 cm³/mol. The van der Waals surface area contributed by atoms with Crippen LogP contribution in [0.3, 0.4) is 0 Å². The maximum absolute atomic E-state index is 12.9. The van der Waals surface area contributed by atoms with Crippen molar-refractivity contribution in [2.24, 2.45) is 0 Å². The summed E-state index contributed by atoms with van der Waals surface area (Å²) >= 11 is 0. The summed E-state index contributed by atoms with van der Waals surface area (Å²) in [6.07, 6.45) is 0.655. The summed E-state index contributed by atoms with van der Waals surface area (Å²) in [5.74, 6) is 0.298. The Morgan fingerprint density at radius 2 is 2.14 bits per heavy atom. The van der Waals surface area contributed by atoms with Crippen molar-refractivity contribution in [1.29, 1.82) is 0 Å². The van der Waals surface area contributed by atoms with E-state index in [1.165, 1.54) is 4.31 Å². The summed E-state index contributed by atoms with van der Waals surface area (Å²) < 4.78 is 33.9. The molecule has 22 heavy (non-hydrogen) atoms. The minimum Gasteiger partial charge on any atom is -0.390 e. The molecular weight excluding hydrogens is 308 g/mol. The minimum atomic E-state index is -3.67. The van der Waals surface area contributed by atoms with Crippen molar-refractivity contribution in [2.45, 2.75) is 44.9 Å². The lowest BCUT2D eigenvalue weighted by atomic mass is 10.3. The van der Waals surface area contributed by atoms with Gasteiger partial charge >= 0.3 is 0 Å². The van der Waals surface area contributed by atoms with Crippen molar-refractivity contribution >= 4 is 10.0 Å². The normalized spacial score (nSPS) is 16.5. The topological polar surface area (TPSA) is 101 Å². The van der Waals surface area contributed by atoms with Gasteiger partial charge in [-0.3, -0.25) is 4.68 Å². The lowest BCUT2D eigenvalue weighted by Crippen LogP contribution is -2.31. The number of hydrogen-bond donors (Lipinski definition) is 1. The van der Waals surface area contributed by atoms with Gasteiger partial charge in [-0.05, 0) is 26.3 Å². The van der Waals surface area contributed by atoms with Gasteiger partial charge in [-0.15, -0.1) is 0 Å². The van der Waals surface area contributed by atoms with Crippen molar-refractivity contribution in [2.75, 3.05) is 6.54 Å². The van der Waals surface area contributed by atoms with E-state index >= 15 is 0 Å². The number of sulfonamides is 1. The molecular formula is C13H18N4O4S. The first-order valence-electron chi connectivity index (χ1n) is 7.03. The highest BCUT2D eigenvalue weighted by Crippen LogP contribution is 2.26. The smallest absolute Gasteiger partial charge is 0.248 e. The average molecular weight is 326 g/mol. The SMILES string of the molecule is Cc1noc(C)c1S(=O)(=O)N1CCCn2nc(CO)cc2C1. The Hall–Kier alpha value is -1.71. The molecule has 2 aromatic heterocycles. The Morgan fingerprint density at radius 3 is 2.77 bits per heavy atom. The molecule has 3 rings (SSSR count). The molecule has 0 radical (unpaired) electrons. The number of aliphatic hydroxyl groups excluding tert-OH is 1. The standard InChI is InChI=1S/C13H18N4O4S/c1-9-13(10(2)21-15-9)22(19,20)16-4-3-5-17-12(7-16)6-11(8-18)14-17/h6,18H,3-5,7-8H2,1-2H3. The Balaban J connectivity index is 1.98. The predicted octanol–water partition coefficient (Wildman–Crippen LogP) is 0.575. The third-order valence-electron chi connectivity index (χ3n) is 3.76. The molecule has 3 heterocycles. The fourth-order valence-corrected chi connectivity index (χ4v) is 4.49. The molecule has 0 saturated heterocycles. The summed E-state index contributed by atoms with van der Waals surface area (Å²) in [5.41, 5.74) is 1.69. The van der Waals surface area contributed by atoms with Crippen molar-refractivity contribution in [3.63, 3.8) is 0 Å². The summed E-state index contributed by atoms with van der Waals surface area (Å²) in [4.78, 5) is 0.142. The van der Waals surface area contributed by atoms with Gasteiger partial charge in [-0.2, -0.15) is 9.40 Å². The quantitative estimate of drug-likeness (QED) is 0.885. The van der Waals surface area contributed by atoms with Crippen LogP contribution in [0.25, 0.3) is 0 Å². The molecule has 1 N–H and O–H groups in total. The Bertz CT molecular complexity index is 774. The van der Waals surface area contributed by atoms with Crippen molar-refractivity contribution in [3.8, 4) is 0 Å². The van der Waals surface area contributed by atoms with E-state index in [2.05, 4.69) is 10.3 Å². The Kier molecular flexibility index (Phi) is 3.79. The van der Waals surface area contributed by atoms with E-state index in [9.17, 15) is 13.5 Å². The van der Waals surface area contributed by atoms with Gasteiger partial charge in [-0.1, -0.05) is 5.16 Å². The van der Waals surface area contributed by atoms with Crippen molar-refractivity contribution in [3.05, 3.63) is 28.9 Å². The molecule has 0 aliphatic carbocycles. The molecule has 8 nitrogen and oxygen atoms in total. The molecule has 0 spiro atoms. The van der Waals surface area contributed by atoms with Crippen LogP contribution in [-0.4, -0.2) is 39.3 Å². The largest absolute Gasteiger partial charge is 0.390 e. The van der Waals surface area contributed by atoms with Gasteiger partial charge in [0.05, 0.1) is 24.5 Å². The second-order valence-corrected chi connectivity index (χ2v) is 7.23. The van der Waals surface area contributed by atoms with E-state index in [1.54, 1.807) is 24.6 Å². The molecule has 0 bridgehead atoms. The zero-order valence-corrected chi connectivity index (χ0v) is 13.3. The number of aryl methyl sites for hydroxylation is 3. The number of nitrogens with zero attached hydrogens (tertiary/aromatic N) is 4. The molecule has 0 saturated carbocycles. The van der Waals surface area contributed by atoms with E-state index < -0.39 is 10.0 Å². The third-order valence-corrected chi connectivity index (χ3v) is 5.85. The highest BCUT2D eigenvalue weighted by Gasteiger charge is 2.32. The first-order valence-corrected chi connectivity index (χ1v) is 8.47. The number of fused-ring (bicyclic) bond motifs is 1. The van der Waals surface area contributed by atoms with Crippen LogP contribution in [0.2, 0.25) is 0 Å². The van der Waals surface area contributed by atoms with Gasteiger partial charge in [0.1, 0.15) is 10.6 Å². The van der Waals surface area contributed by atoms with Gasteiger partial charge in [0.15, 0.2) is 5.76 Å². The second kappa shape index (κ2) is 5.49. The fraction of sp³-hybridized carbons (Fsp3) is 0.538. The molecule has 0 atom stereocenters. The summed E-state index contributed by atoms with van der Waals surface area (Å²) in [6, 6.07) is 1.74. The van der Waals surface area contributed by atoms with Crippen LogP contribution < -0.4 is 0 Å². The number of aliphatic hydroxyl groups is 1. The zero-order valence-electron chi connectivity index (χ0n) is 12.5. The maximum atomic E-state index is 12.9. The summed E-state index contributed by atoms with van der Waals surface area (Å²) in [7, 11) is -3.67. The van der Waals surface area contributed by atoms with Gasteiger partial charge in [0.2, 0.25) is 10.0 Å². The highest BCUT2D eigenvalue weighted by molar-refractivity contribution is 7.89. The van der Waals surface area contributed by atoms with Crippen LogP contribution in [0, 0.1) is 13.8 Å². The van der Waals surface area contributed by atoms with E-state index in [0.717, 1.165) is 5.69 Å². The van der Waals surface area contributed by atoms with Crippen LogP contribution >= 0.6 is 0 Å². The molecule has 120 valence electrons. The van der Waals surface area contributed by atoms with E-state index in [4.69, 9.17) is 4.52 Å². The molecule has 0 fully saturated rings. The molecule has 9 heteroatoms. The lowest BCUT2D eigenvalue weighted by Gasteiger charge is -2.19. The number of hydrogen-bond acceptors (Lipinski definition) is 6.